The van der Waals surface area contributed by atoms with Crippen molar-refractivity contribution in [3.05, 3.63) is 95.6 Å². The Bertz CT molecular complexity index is 1010. The molecule has 6 heteroatoms. The van der Waals surface area contributed by atoms with Crippen molar-refractivity contribution < 1.29 is 23.7 Å². The van der Waals surface area contributed by atoms with Gasteiger partial charge in [0.25, 0.3) is 0 Å². The Morgan fingerprint density at radius 2 is 1.26 bits per heavy atom. The van der Waals surface area contributed by atoms with Gasteiger partial charge in [0.1, 0.15) is 6.61 Å². The lowest BCUT2D eigenvalue weighted by molar-refractivity contribution is 0.0103. The molecule has 0 radical (unpaired) electrons. The van der Waals surface area contributed by atoms with Gasteiger partial charge in [-0.05, 0) is 34.2 Å². The first kappa shape index (κ1) is 24.9. The number of amides is 1. The minimum Gasteiger partial charge on any atom is -0.449 e. The zero-order valence-corrected chi connectivity index (χ0v) is 20.0. The lowest BCUT2D eigenvalue weighted by Gasteiger charge is -2.14. The molecule has 4 rings (SSSR count). The number of carbonyl (C=O) groups excluding carboxylic acids is 1. The quantitative estimate of drug-likeness (QED) is 0.326. The maximum absolute atomic E-state index is 12.2. The van der Waals surface area contributed by atoms with Crippen LogP contribution in [0.5, 0.6) is 0 Å². The van der Waals surface area contributed by atoms with Gasteiger partial charge in [-0.25, -0.2) is 4.79 Å². The number of carbonyl (C=O) groups is 1. The van der Waals surface area contributed by atoms with E-state index in [9.17, 15) is 4.79 Å². The molecule has 1 amide bonds. The van der Waals surface area contributed by atoms with E-state index in [1.807, 2.05) is 54.6 Å². The Hall–Kier alpha value is -3.19. The molecular formula is C29H33NO5. The Balaban J connectivity index is 1.01. The molecule has 3 aromatic carbocycles. The van der Waals surface area contributed by atoms with Gasteiger partial charge in [-0.3, -0.25) is 0 Å². The minimum atomic E-state index is -0.398. The predicted molar refractivity (Wildman–Crippen MR) is 135 cm³/mol. The molecule has 0 atom stereocenters. The van der Waals surface area contributed by atoms with Gasteiger partial charge >= 0.3 is 6.09 Å². The van der Waals surface area contributed by atoms with E-state index in [2.05, 4.69) is 29.6 Å². The highest BCUT2D eigenvalue weighted by Crippen LogP contribution is 2.44. The number of rotatable bonds is 14. The van der Waals surface area contributed by atoms with Gasteiger partial charge in [0.2, 0.25) is 0 Å². The minimum absolute atomic E-state index is 0.0696. The summed E-state index contributed by atoms with van der Waals surface area (Å²) in [5, 5.41) is 2.80. The van der Waals surface area contributed by atoms with E-state index < -0.39 is 6.09 Å². The standard InChI is InChI=1S/C29H33NO5/c31-29(35-22-28-26-13-6-4-11-24(26)25-12-5-7-14-27(25)28)30-15-8-16-32-17-18-33-19-20-34-21-23-9-2-1-3-10-23/h1-7,9-14,28H,8,15-22H2,(H,30,31). The van der Waals surface area contributed by atoms with Crippen LogP contribution in [0.2, 0.25) is 0 Å². The summed E-state index contributed by atoms with van der Waals surface area (Å²) in [6, 6.07) is 26.7. The normalized spacial score (nSPS) is 12.2. The SMILES string of the molecule is O=C(NCCCOCCOCCOCc1ccccc1)OCC1c2ccccc2-c2ccccc21. The molecule has 0 heterocycles. The summed E-state index contributed by atoms with van der Waals surface area (Å²) in [7, 11) is 0. The molecule has 184 valence electrons. The number of hydrogen-bond acceptors (Lipinski definition) is 5. The van der Waals surface area contributed by atoms with Crippen LogP contribution in [0.3, 0.4) is 0 Å². The summed E-state index contributed by atoms with van der Waals surface area (Å²) in [5.74, 6) is 0.0696. The second-order valence-electron chi connectivity index (χ2n) is 8.37. The third-order valence-electron chi connectivity index (χ3n) is 5.93. The van der Waals surface area contributed by atoms with Crippen LogP contribution in [0.25, 0.3) is 11.1 Å². The molecule has 0 saturated carbocycles. The number of nitrogens with one attached hydrogen (secondary N) is 1. The number of hydrogen-bond donors (Lipinski definition) is 1. The Morgan fingerprint density at radius 1 is 0.686 bits per heavy atom. The molecule has 0 fully saturated rings. The van der Waals surface area contributed by atoms with Crippen molar-refractivity contribution in [3.63, 3.8) is 0 Å². The lowest BCUT2D eigenvalue weighted by atomic mass is 9.98. The van der Waals surface area contributed by atoms with E-state index in [1.54, 1.807) is 0 Å². The fourth-order valence-corrected chi connectivity index (χ4v) is 4.22. The van der Waals surface area contributed by atoms with Crippen LogP contribution in [0.15, 0.2) is 78.9 Å². The third kappa shape index (κ3) is 7.39. The zero-order valence-electron chi connectivity index (χ0n) is 20.0. The van der Waals surface area contributed by atoms with E-state index in [0.717, 1.165) is 5.56 Å². The molecule has 0 saturated heterocycles. The fourth-order valence-electron chi connectivity index (χ4n) is 4.22. The zero-order chi connectivity index (χ0) is 24.1. The Labute approximate surface area is 207 Å². The molecule has 0 bridgehead atoms. The van der Waals surface area contributed by atoms with Crippen molar-refractivity contribution >= 4 is 6.09 Å². The van der Waals surface area contributed by atoms with Crippen molar-refractivity contribution in [2.75, 3.05) is 46.2 Å². The van der Waals surface area contributed by atoms with Gasteiger partial charge in [0, 0.05) is 19.1 Å². The van der Waals surface area contributed by atoms with Crippen LogP contribution < -0.4 is 5.32 Å². The molecule has 3 aromatic rings. The molecule has 0 aromatic heterocycles. The molecule has 1 aliphatic rings. The van der Waals surface area contributed by atoms with Gasteiger partial charge < -0.3 is 24.3 Å². The summed E-state index contributed by atoms with van der Waals surface area (Å²) in [6.07, 6.45) is 0.315. The highest BCUT2D eigenvalue weighted by Gasteiger charge is 2.28. The second-order valence-corrected chi connectivity index (χ2v) is 8.37. The molecule has 1 aliphatic carbocycles. The van der Waals surface area contributed by atoms with Gasteiger partial charge in [-0.15, -0.1) is 0 Å². The summed E-state index contributed by atoms with van der Waals surface area (Å²) in [4.78, 5) is 12.2. The van der Waals surface area contributed by atoms with Crippen LogP contribution in [0.4, 0.5) is 4.79 Å². The van der Waals surface area contributed by atoms with Crippen LogP contribution in [0, 0.1) is 0 Å². The third-order valence-corrected chi connectivity index (χ3v) is 5.93. The lowest BCUT2D eigenvalue weighted by Crippen LogP contribution is -2.27. The van der Waals surface area contributed by atoms with Crippen molar-refractivity contribution in [3.8, 4) is 11.1 Å². The smallest absolute Gasteiger partial charge is 0.407 e. The predicted octanol–water partition coefficient (Wildman–Crippen LogP) is 5.17. The van der Waals surface area contributed by atoms with Crippen LogP contribution in [-0.4, -0.2) is 52.3 Å². The highest BCUT2D eigenvalue weighted by atomic mass is 16.6. The molecule has 0 aliphatic heterocycles. The molecule has 35 heavy (non-hydrogen) atoms. The van der Waals surface area contributed by atoms with E-state index in [0.29, 0.717) is 59.2 Å². The molecule has 6 nitrogen and oxygen atoms in total. The number of ether oxygens (including phenoxy) is 4. The number of fused-ring (bicyclic) bond motifs is 3. The number of alkyl carbamates (subject to hydrolysis) is 1. The maximum Gasteiger partial charge on any atom is 0.407 e. The van der Waals surface area contributed by atoms with Crippen LogP contribution >= 0.6 is 0 Å². The van der Waals surface area contributed by atoms with Gasteiger partial charge in [0.05, 0.1) is 33.0 Å². The molecule has 0 spiro atoms. The van der Waals surface area contributed by atoms with Crippen molar-refractivity contribution in [1.29, 1.82) is 0 Å². The average molecular weight is 476 g/mol. The van der Waals surface area contributed by atoms with Crippen LogP contribution in [0.1, 0.15) is 29.0 Å². The molecule has 0 unspecified atom stereocenters. The summed E-state index contributed by atoms with van der Waals surface area (Å²) < 4.78 is 22.2. The number of benzene rings is 3. The van der Waals surface area contributed by atoms with E-state index in [4.69, 9.17) is 18.9 Å². The highest BCUT2D eigenvalue weighted by molar-refractivity contribution is 5.79. The summed E-state index contributed by atoms with van der Waals surface area (Å²) in [5.41, 5.74) is 6.01. The van der Waals surface area contributed by atoms with E-state index in [1.165, 1.54) is 22.3 Å². The topological polar surface area (TPSA) is 66.0 Å². The molecule has 1 N–H and O–H groups in total. The first-order valence-electron chi connectivity index (χ1n) is 12.2. The summed E-state index contributed by atoms with van der Waals surface area (Å²) >= 11 is 0. The van der Waals surface area contributed by atoms with Crippen molar-refractivity contribution in [2.24, 2.45) is 0 Å². The second kappa shape index (κ2) is 13.6. The van der Waals surface area contributed by atoms with Crippen molar-refractivity contribution in [1.82, 2.24) is 5.32 Å². The Kier molecular flexibility index (Phi) is 9.71. The van der Waals surface area contributed by atoms with Gasteiger partial charge in [-0.2, -0.15) is 0 Å². The van der Waals surface area contributed by atoms with E-state index >= 15 is 0 Å². The largest absolute Gasteiger partial charge is 0.449 e. The maximum atomic E-state index is 12.2. The molecular weight excluding hydrogens is 442 g/mol. The van der Waals surface area contributed by atoms with Gasteiger partial charge in [0.15, 0.2) is 0 Å². The monoisotopic (exact) mass is 475 g/mol. The first-order valence-corrected chi connectivity index (χ1v) is 12.2. The van der Waals surface area contributed by atoms with E-state index in [-0.39, 0.29) is 5.92 Å². The Morgan fingerprint density at radius 3 is 1.94 bits per heavy atom. The summed E-state index contributed by atoms with van der Waals surface area (Å²) in [6.45, 7) is 4.11. The van der Waals surface area contributed by atoms with Crippen molar-refractivity contribution in [2.45, 2.75) is 18.9 Å². The average Bonchev–Trinajstić information content (AvgIpc) is 3.22. The van der Waals surface area contributed by atoms with Gasteiger partial charge in [-0.1, -0.05) is 78.9 Å². The first-order chi connectivity index (χ1) is 17.3. The van der Waals surface area contributed by atoms with Crippen LogP contribution in [-0.2, 0) is 25.6 Å². The fraction of sp³-hybridized carbons (Fsp3) is 0.345.